The van der Waals surface area contributed by atoms with Gasteiger partial charge in [-0.1, -0.05) is 48.0 Å². The molecule has 35 heavy (non-hydrogen) atoms. The summed E-state index contributed by atoms with van der Waals surface area (Å²) in [6.07, 6.45) is 0. The summed E-state index contributed by atoms with van der Waals surface area (Å²) >= 11 is 6.71. The second kappa shape index (κ2) is 8.07. The zero-order valence-electron chi connectivity index (χ0n) is 19.3. The van der Waals surface area contributed by atoms with Crippen LogP contribution in [0, 0.1) is 6.92 Å². The van der Waals surface area contributed by atoms with Crippen molar-refractivity contribution in [2.45, 2.75) is 19.4 Å². The normalized spacial score (nSPS) is 17.2. The molecule has 0 fully saturated rings. The largest absolute Gasteiger partial charge is 0.456 e. The Kier molecular flexibility index (Phi) is 4.97. The van der Waals surface area contributed by atoms with Crippen molar-refractivity contribution < 1.29 is 14.3 Å². The van der Waals surface area contributed by atoms with E-state index in [1.165, 1.54) is 0 Å². The van der Waals surface area contributed by atoms with Gasteiger partial charge < -0.3 is 20.1 Å². The molecule has 2 heterocycles. The van der Waals surface area contributed by atoms with Crippen LogP contribution in [0.4, 0.5) is 17.1 Å². The van der Waals surface area contributed by atoms with E-state index >= 15 is 0 Å². The standard InChI is InChI=1S/C29H23ClN2O3/c1-3-31-24-16-27-21(13-17(24)2)29(20-12-8-7-11-19(20)28(33)35-29)22-14-25(23(30)15-26(22)34-27)32-18-9-5-4-6-10-18/h4-16,31-32H,3H2,1-2H3. The van der Waals surface area contributed by atoms with Crippen molar-refractivity contribution in [1.82, 2.24) is 0 Å². The highest BCUT2D eigenvalue weighted by atomic mass is 35.5. The molecule has 0 saturated carbocycles. The molecule has 0 saturated heterocycles. The van der Waals surface area contributed by atoms with Crippen LogP contribution in [0.1, 0.15) is 39.5 Å². The van der Waals surface area contributed by atoms with Crippen LogP contribution >= 0.6 is 11.6 Å². The second-order valence-electron chi connectivity index (χ2n) is 8.73. The number of benzene rings is 4. The molecule has 0 aromatic heterocycles. The number of ether oxygens (including phenoxy) is 2. The number of nitrogens with one attached hydrogen (secondary N) is 2. The van der Waals surface area contributed by atoms with Gasteiger partial charge in [0, 0.05) is 46.7 Å². The first kappa shape index (κ1) is 21.6. The van der Waals surface area contributed by atoms with Crippen molar-refractivity contribution in [3.63, 3.8) is 0 Å². The maximum atomic E-state index is 13.1. The number of carbonyl (C=O) groups is 1. The molecule has 1 spiro atoms. The summed E-state index contributed by atoms with van der Waals surface area (Å²) in [7, 11) is 0. The van der Waals surface area contributed by atoms with Gasteiger partial charge in [0.2, 0.25) is 0 Å². The molecule has 4 aromatic rings. The van der Waals surface area contributed by atoms with Gasteiger partial charge in [0.25, 0.3) is 0 Å². The van der Waals surface area contributed by atoms with Gasteiger partial charge in [0.05, 0.1) is 16.3 Å². The lowest BCUT2D eigenvalue weighted by molar-refractivity contribution is 0.0224. The number of hydrogen-bond donors (Lipinski definition) is 2. The van der Waals surface area contributed by atoms with Crippen molar-refractivity contribution in [2.75, 3.05) is 17.2 Å². The minimum Gasteiger partial charge on any atom is -0.456 e. The van der Waals surface area contributed by atoms with E-state index in [2.05, 4.69) is 10.6 Å². The Morgan fingerprint density at radius 3 is 2.37 bits per heavy atom. The fourth-order valence-electron chi connectivity index (χ4n) is 5.00. The first-order valence-electron chi connectivity index (χ1n) is 11.6. The Labute approximate surface area is 208 Å². The maximum Gasteiger partial charge on any atom is 0.340 e. The van der Waals surface area contributed by atoms with Gasteiger partial charge in [-0.3, -0.25) is 0 Å². The Morgan fingerprint density at radius 1 is 0.857 bits per heavy atom. The molecule has 5 nitrogen and oxygen atoms in total. The van der Waals surface area contributed by atoms with Crippen LogP contribution in [0.25, 0.3) is 0 Å². The Hall–Kier alpha value is -3.96. The van der Waals surface area contributed by atoms with Crippen molar-refractivity contribution in [2.24, 2.45) is 0 Å². The predicted molar refractivity (Wildman–Crippen MR) is 138 cm³/mol. The van der Waals surface area contributed by atoms with Gasteiger partial charge in [-0.25, -0.2) is 4.79 Å². The van der Waals surface area contributed by atoms with Gasteiger partial charge in [-0.2, -0.15) is 0 Å². The maximum absolute atomic E-state index is 13.1. The van der Waals surface area contributed by atoms with Gasteiger partial charge in [-0.05, 0) is 49.7 Å². The van der Waals surface area contributed by atoms with Crippen LogP contribution in [0.5, 0.6) is 11.5 Å². The Bertz CT molecular complexity index is 1490. The predicted octanol–water partition coefficient (Wildman–Crippen LogP) is 7.39. The summed E-state index contributed by atoms with van der Waals surface area (Å²) in [5, 5.41) is 7.27. The van der Waals surface area contributed by atoms with Crippen molar-refractivity contribution in [3.8, 4) is 11.5 Å². The highest BCUT2D eigenvalue weighted by molar-refractivity contribution is 6.33. The van der Waals surface area contributed by atoms with Crippen LogP contribution in [0.15, 0.2) is 78.9 Å². The third kappa shape index (κ3) is 3.27. The molecule has 0 radical (unpaired) electrons. The molecule has 1 unspecified atom stereocenters. The average molecular weight is 483 g/mol. The number of rotatable bonds is 4. The topological polar surface area (TPSA) is 59.6 Å². The lowest BCUT2D eigenvalue weighted by Gasteiger charge is -2.37. The first-order chi connectivity index (χ1) is 17.0. The molecule has 174 valence electrons. The fourth-order valence-corrected chi connectivity index (χ4v) is 5.20. The third-order valence-electron chi connectivity index (χ3n) is 6.57. The number of esters is 1. The third-order valence-corrected chi connectivity index (χ3v) is 6.88. The molecule has 2 N–H and O–H groups in total. The minimum atomic E-state index is -1.15. The number of carbonyl (C=O) groups excluding carboxylic acids is 1. The summed E-state index contributed by atoms with van der Waals surface area (Å²) in [5.41, 5.74) is 5.30. The van der Waals surface area contributed by atoms with Gasteiger partial charge in [-0.15, -0.1) is 0 Å². The Morgan fingerprint density at radius 2 is 1.57 bits per heavy atom. The highest BCUT2D eigenvalue weighted by Crippen LogP contribution is 2.58. The quantitative estimate of drug-likeness (QED) is 0.297. The number of hydrogen-bond acceptors (Lipinski definition) is 5. The molecule has 0 bridgehead atoms. The van der Waals surface area contributed by atoms with Crippen LogP contribution in [0.3, 0.4) is 0 Å². The molecule has 2 aliphatic heterocycles. The van der Waals surface area contributed by atoms with Gasteiger partial charge >= 0.3 is 5.97 Å². The number of aryl methyl sites for hydroxylation is 1. The van der Waals surface area contributed by atoms with Gasteiger partial charge in [0.15, 0.2) is 5.60 Å². The molecule has 2 aliphatic rings. The molecular formula is C29H23ClN2O3. The highest BCUT2D eigenvalue weighted by Gasteiger charge is 2.54. The number of anilines is 3. The van der Waals surface area contributed by atoms with Crippen LogP contribution in [-0.2, 0) is 10.3 Å². The molecule has 6 rings (SSSR count). The lowest BCUT2D eigenvalue weighted by atomic mass is 9.77. The van der Waals surface area contributed by atoms with Crippen LogP contribution in [0.2, 0.25) is 5.02 Å². The van der Waals surface area contributed by atoms with E-state index < -0.39 is 5.60 Å². The van der Waals surface area contributed by atoms with Crippen molar-refractivity contribution >= 4 is 34.6 Å². The van der Waals surface area contributed by atoms with E-state index in [-0.39, 0.29) is 5.97 Å². The van der Waals surface area contributed by atoms with Gasteiger partial charge in [0.1, 0.15) is 11.5 Å². The monoisotopic (exact) mass is 482 g/mol. The number of fused-ring (bicyclic) bond motifs is 6. The summed E-state index contributed by atoms with van der Waals surface area (Å²) in [4.78, 5) is 13.1. The van der Waals surface area contributed by atoms with E-state index in [0.29, 0.717) is 27.8 Å². The minimum absolute atomic E-state index is 0.361. The SMILES string of the molecule is CCNc1cc2c(cc1C)C1(OC(=O)c3ccccc31)c1cc(Nc3ccccc3)c(Cl)cc1O2. The van der Waals surface area contributed by atoms with Crippen molar-refractivity contribution in [3.05, 3.63) is 112 Å². The average Bonchev–Trinajstić information content (AvgIpc) is 3.15. The molecule has 0 amide bonds. The molecule has 4 aromatic carbocycles. The zero-order valence-corrected chi connectivity index (χ0v) is 20.1. The molecule has 6 heteroatoms. The first-order valence-corrected chi connectivity index (χ1v) is 11.9. The molecular weight excluding hydrogens is 460 g/mol. The molecule has 0 aliphatic carbocycles. The van der Waals surface area contributed by atoms with Crippen molar-refractivity contribution in [1.29, 1.82) is 0 Å². The van der Waals surface area contributed by atoms with Crippen LogP contribution < -0.4 is 15.4 Å². The number of para-hydroxylation sites is 1. The smallest absolute Gasteiger partial charge is 0.340 e. The summed E-state index contributed by atoms with van der Waals surface area (Å²) in [6, 6.07) is 25.1. The van der Waals surface area contributed by atoms with E-state index in [0.717, 1.165) is 40.2 Å². The van der Waals surface area contributed by atoms with Crippen LogP contribution in [-0.4, -0.2) is 12.5 Å². The zero-order chi connectivity index (χ0) is 24.2. The summed E-state index contributed by atoms with van der Waals surface area (Å²) < 4.78 is 12.7. The van der Waals surface area contributed by atoms with E-state index in [4.69, 9.17) is 21.1 Å². The number of halogens is 1. The second-order valence-corrected chi connectivity index (χ2v) is 9.14. The Balaban J connectivity index is 1.61. The molecule has 1 atom stereocenters. The lowest BCUT2D eigenvalue weighted by Crippen LogP contribution is -2.33. The summed E-state index contributed by atoms with van der Waals surface area (Å²) in [5.74, 6) is 0.820. The van der Waals surface area contributed by atoms with E-state index in [1.807, 2.05) is 80.6 Å². The fraction of sp³-hybridized carbons (Fsp3) is 0.138. The summed E-state index contributed by atoms with van der Waals surface area (Å²) in [6.45, 7) is 4.86. The van der Waals surface area contributed by atoms with E-state index in [9.17, 15) is 4.79 Å². The van der Waals surface area contributed by atoms with E-state index in [1.54, 1.807) is 12.1 Å².